The third-order valence-corrected chi connectivity index (χ3v) is 7.22. The maximum atomic E-state index is 13.4. The Labute approximate surface area is 219 Å². The van der Waals surface area contributed by atoms with Gasteiger partial charge in [0.05, 0.1) is 6.04 Å². The molecule has 0 spiro atoms. The number of nitrogens with one attached hydrogen (secondary N) is 4. The number of fused-ring (bicyclic) bond motifs is 1. The summed E-state index contributed by atoms with van der Waals surface area (Å²) >= 11 is 0. The number of carbonyl (C=O) groups is 5. The number of aromatic nitrogens is 1. The number of aliphatic carboxylic acids is 1. The highest BCUT2D eigenvalue weighted by molar-refractivity contribution is 5.95. The molecule has 0 radical (unpaired) electrons. The number of benzene rings is 1. The number of rotatable bonds is 11. The predicted octanol–water partition coefficient (Wildman–Crippen LogP) is -0.227. The van der Waals surface area contributed by atoms with Crippen molar-refractivity contribution in [3.05, 3.63) is 36.0 Å². The van der Waals surface area contributed by atoms with Gasteiger partial charge in [-0.15, -0.1) is 0 Å². The van der Waals surface area contributed by atoms with Crippen LogP contribution in [-0.4, -0.2) is 81.8 Å². The number of carbonyl (C=O) groups excluding carboxylic acids is 4. The van der Waals surface area contributed by atoms with Gasteiger partial charge in [0, 0.05) is 36.5 Å². The summed E-state index contributed by atoms with van der Waals surface area (Å²) < 4.78 is 0. The summed E-state index contributed by atoms with van der Waals surface area (Å²) in [6, 6.07) is 4.01. The van der Waals surface area contributed by atoms with Gasteiger partial charge >= 0.3 is 5.97 Å². The second-order valence-electron chi connectivity index (χ2n) is 9.87. The minimum Gasteiger partial charge on any atom is -0.480 e. The molecule has 1 aromatic carbocycles. The summed E-state index contributed by atoms with van der Waals surface area (Å²) in [4.78, 5) is 67.4. The Morgan fingerprint density at radius 1 is 1.08 bits per heavy atom. The maximum absolute atomic E-state index is 13.4. The molecule has 2 aliphatic rings. The zero-order chi connectivity index (χ0) is 27.2. The SMILES string of the molecule is NC(=O)CCC(NC(=O)C(Cc1c[nH]c2ccccc12)NC(=O)C1CCCN1C(=O)C1CCCN1)C(=O)O. The number of carboxylic acids is 1. The lowest BCUT2D eigenvalue weighted by atomic mass is 10.0. The van der Waals surface area contributed by atoms with E-state index in [1.54, 1.807) is 11.1 Å². The number of H-pyrrole nitrogens is 1. The first-order chi connectivity index (χ1) is 18.2. The predicted molar refractivity (Wildman–Crippen MR) is 138 cm³/mol. The van der Waals surface area contributed by atoms with Crippen molar-refractivity contribution >= 4 is 40.5 Å². The van der Waals surface area contributed by atoms with Gasteiger partial charge in [-0.2, -0.15) is 0 Å². The van der Waals surface area contributed by atoms with Crippen molar-refractivity contribution < 1.29 is 29.1 Å². The zero-order valence-electron chi connectivity index (χ0n) is 21.1. The number of nitrogens with two attached hydrogens (primary N) is 1. The van der Waals surface area contributed by atoms with Gasteiger partial charge in [-0.1, -0.05) is 18.2 Å². The topological polar surface area (TPSA) is 187 Å². The van der Waals surface area contributed by atoms with Crippen molar-refractivity contribution in [1.82, 2.24) is 25.8 Å². The minimum atomic E-state index is -1.35. The Morgan fingerprint density at radius 2 is 1.87 bits per heavy atom. The van der Waals surface area contributed by atoms with Gasteiger partial charge in [0.1, 0.15) is 18.1 Å². The summed E-state index contributed by atoms with van der Waals surface area (Å²) in [5.41, 5.74) is 6.77. The first-order valence-corrected chi connectivity index (χ1v) is 13.0. The molecule has 204 valence electrons. The maximum Gasteiger partial charge on any atom is 0.326 e. The molecule has 12 nitrogen and oxygen atoms in total. The van der Waals surface area contributed by atoms with Crippen molar-refractivity contribution in [3.63, 3.8) is 0 Å². The van der Waals surface area contributed by atoms with Crippen LogP contribution in [0, 0.1) is 0 Å². The fourth-order valence-electron chi connectivity index (χ4n) is 5.21. The van der Waals surface area contributed by atoms with Crippen molar-refractivity contribution in [3.8, 4) is 0 Å². The molecule has 4 atom stereocenters. The van der Waals surface area contributed by atoms with Crippen molar-refractivity contribution in [2.24, 2.45) is 5.73 Å². The van der Waals surface area contributed by atoms with E-state index in [0.29, 0.717) is 19.4 Å². The molecule has 2 aliphatic heterocycles. The molecule has 2 saturated heterocycles. The van der Waals surface area contributed by atoms with E-state index in [1.165, 1.54) is 0 Å². The van der Waals surface area contributed by atoms with E-state index < -0.39 is 41.8 Å². The van der Waals surface area contributed by atoms with E-state index in [-0.39, 0.29) is 31.2 Å². The Bertz CT molecular complexity index is 1210. The molecule has 4 unspecified atom stereocenters. The Morgan fingerprint density at radius 3 is 2.58 bits per heavy atom. The highest BCUT2D eigenvalue weighted by Gasteiger charge is 2.39. The fraction of sp³-hybridized carbons (Fsp3) is 0.500. The van der Waals surface area contributed by atoms with E-state index in [9.17, 15) is 29.1 Å². The number of aromatic amines is 1. The standard InChI is InChI=1S/C26H34N6O6/c27-22(33)10-9-19(26(37)38)30-23(34)20(13-15-14-29-17-6-2-1-5-16(15)17)31-24(35)21-8-4-12-32(21)25(36)18-7-3-11-28-18/h1-2,5-6,14,18-21,28-29H,3-4,7-13H2,(H2,27,33)(H,30,34)(H,31,35)(H,37,38). The van der Waals surface area contributed by atoms with Crippen LogP contribution < -0.4 is 21.7 Å². The second-order valence-corrected chi connectivity index (χ2v) is 9.87. The van der Waals surface area contributed by atoms with E-state index in [0.717, 1.165) is 35.9 Å². The van der Waals surface area contributed by atoms with Gasteiger partial charge in [-0.25, -0.2) is 4.79 Å². The van der Waals surface area contributed by atoms with Gasteiger partial charge in [-0.05, 0) is 50.3 Å². The molecule has 4 amide bonds. The van der Waals surface area contributed by atoms with Gasteiger partial charge in [-0.3, -0.25) is 19.2 Å². The van der Waals surface area contributed by atoms with Crippen LogP contribution in [0.5, 0.6) is 0 Å². The first kappa shape index (κ1) is 27.1. The van der Waals surface area contributed by atoms with Gasteiger partial charge in [0.25, 0.3) is 0 Å². The molecular weight excluding hydrogens is 492 g/mol. The van der Waals surface area contributed by atoms with Crippen LogP contribution in [0.15, 0.2) is 30.5 Å². The Balaban J connectivity index is 1.53. The van der Waals surface area contributed by atoms with Crippen LogP contribution in [-0.2, 0) is 30.4 Å². The normalized spacial score (nSPS) is 20.7. The molecule has 0 aliphatic carbocycles. The molecule has 2 aromatic rings. The number of hydrogen-bond acceptors (Lipinski definition) is 6. The minimum absolute atomic E-state index is 0.0919. The fourth-order valence-corrected chi connectivity index (χ4v) is 5.21. The molecule has 7 N–H and O–H groups in total. The monoisotopic (exact) mass is 526 g/mol. The number of primary amides is 1. The first-order valence-electron chi connectivity index (χ1n) is 13.0. The summed E-state index contributed by atoms with van der Waals surface area (Å²) in [6.45, 7) is 1.22. The number of nitrogens with zero attached hydrogens (tertiary/aromatic N) is 1. The van der Waals surface area contributed by atoms with E-state index >= 15 is 0 Å². The average Bonchev–Trinajstić information content (AvgIpc) is 3.66. The van der Waals surface area contributed by atoms with Gasteiger partial charge < -0.3 is 36.7 Å². The van der Waals surface area contributed by atoms with Gasteiger partial charge in [0.15, 0.2) is 0 Å². The molecule has 0 bridgehead atoms. The molecule has 2 fully saturated rings. The number of likely N-dealkylation sites (tertiary alicyclic amines) is 1. The summed E-state index contributed by atoms with van der Waals surface area (Å²) in [5.74, 6) is -3.27. The number of para-hydroxylation sites is 1. The van der Waals surface area contributed by atoms with Crippen LogP contribution in [0.2, 0.25) is 0 Å². The third kappa shape index (κ3) is 6.31. The van der Waals surface area contributed by atoms with Crippen LogP contribution in [0.1, 0.15) is 44.1 Å². The average molecular weight is 527 g/mol. The highest BCUT2D eigenvalue weighted by Crippen LogP contribution is 2.22. The van der Waals surface area contributed by atoms with Crippen LogP contribution >= 0.6 is 0 Å². The van der Waals surface area contributed by atoms with Crippen molar-refractivity contribution in [2.45, 2.75) is 69.1 Å². The third-order valence-electron chi connectivity index (χ3n) is 7.22. The van der Waals surface area contributed by atoms with Gasteiger partial charge in [0.2, 0.25) is 23.6 Å². The summed E-state index contributed by atoms with van der Waals surface area (Å²) in [7, 11) is 0. The summed E-state index contributed by atoms with van der Waals surface area (Å²) in [5, 5.41) is 18.8. The highest BCUT2D eigenvalue weighted by atomic mass is 16.4. The van der Waals surface area contributed by atoms with E-state index in [2.05, 4.69) is 20.9 Å². The largest absolute Gasteiger partial charge is 0.480 e. The zero-order valence-corrected chi connectivity index (χ0v) is 21.1. The van der Waals surface area contributed by atoms with Crippen LogP contribution in [0.4, 0.5) is 0 Å². The lowest BCUT2D eigenvalue weighted by molar-refractivity contribution is -0.143. The van der Waals surface area contributed by atoms with Crippen LogP contribution in [0.3, 0.4) is 0 Å². The quantitative estimate of drug-likeness (QED) is 0.233. The molecule has 4 rings (SSSR count). The molecule has 1 aromatic heterocycles. The summed E-state index contributed by atoms with van der Waals surface area (Å²) in [6.07, 6.45) is 4.21. The van der Waals surface area contributed by atoms with Crippen LogP contribution in [0.25, 0.3) is 10.9 Å². The molecular formula is C26H34N6O6. The Hall–Kier alpha value is -3.93. The number of amides is 4. The van der Waals surface area contributed by atoms with Crippen molar-refractivity contribution in [1.29, 1.82) is 0 Å². The molecule has 0 saturated carbocycles. The number of hydrogen-bond donors (Lipinski definition) is 6. The molecule has 3 heterocycles. The van der Waals surface area contributed by atoms with E-state index in [4.69, 9.17) is 5.73 Å². The lowest BCUT2D eigenvalue weighted by Crippen LogP contribution is -2.57. The number of carboxylic acid groups (broad SMARTS) is 1. The second kappa shape index (κ2) is 12.1. The lowest BCUT2D eigenvalue weighted by Gasteiger charge is -2.28. The van der Waals surface area contributed by atoms with E-state index in [1.807, 2.05) is 24.3 Å². The smallest absolute Gasteiger partial charge is 0.326 e. The van der Waals surface area contributed by atoms with Crippen molar-refractivity contribution in [2.75, 3.05) is 13.1 Å². The molecule has 12 heteroatoms. The molecule has 38 heavy (non-hydrogen) atoms. The Kier molecular flexibility index (Phi) is 8.62.